The fourth-order valence-electron chi connectivity index (χ4n) is 2.82. The Labute approximate surface area is 155 Å². The van der Waals surface area contributed by atoms with Gasteiger partial charge >= 0.3 is 5.97 Å². The van der Waals surface area contributed by atoms with Gasteiger partial charge < -0.3 is 19.9 Å². The van der Waals surface area contributed by atoms with Crippen LogP contribution in [0.25, 0.3) is 0 Å². The minimum Gasteiger partial charge on any atom is -0.506 e. The van der Waals surface area contributed by atoms with E-state index in [1.165, 1.54) is 25.1 Å². The third kappa shape index (κ3) is 4.44. The van der Waals surface area contributed by atoms with Gasteiger partial charge in [0.25, 0.3) is 0 Å². The summed E-state index contributed by atoms with van der Waals surface area (Å²) in [6.07, 6.45) is 0.495. The second kappa shape index (κ2) is 7.90. The number of anilines is 1. The van der Waals surface area contributed by atoms with E-state index in [1.54, 1.807) is 0 Å². The number of phenols is 1. The number of benzene rings is 2. The van der Waals surface area contributed by atoms with Crippen molar-refractivity contribution in [2.75, 3.05) is 18.5 Å². The molecular weight excluding hydrogens is 350 g/mol. The Hall–Kier alpha value is -3.35. The molecule has 1 heterocycles. The third-order valence-electron chi connectivity index (χ3n) is 4.19. The number of carbonyl (C=O) groups excluding carboxylic acids is 3. The number of ether oxygens (including phenoxy) is 2. The van der Waals surface area contributed by atoms with Crippen LogP contribution in [-0.2, 0) is 20.7 Å². The quantitative estimate of drug-likeness (QED) is 0.476. The number of nitrogens with one attached hydrogen (secondary N) is 1. The first-order valence-electron chi connectivity index (χ1n) is 8.45. The minimum absolute atomic E-state index is 0.122. The van der Waals surface area contributed by atoms with Crippen LogP contribution in [0.4, 0.5) is 5.69 Å². The monoisotopic (exact) mass is 369 g/mol. The average Bonchev–Trinajstić information content (AvgIpc) is 2.66. The molecule has 2 aromatic rings. The first-order chi connectivity index (χ1) is 12.9. The Bertz CT molecular complexity index is 892. The van der Waals surface area contributed by atoms with Gasteiger partial charge in [-0.25, -0.2) is 0 Å². The minimum atomic E-state index is -0.501. The van der Waals surface area contributed by atoms with Crippen LogP contribution in [0.2, 0.25) is 0 Å². The fourth-order valence-corrected chi connectivity index (χ4v) is 2.82. The van der Waals surface area contributed by atoms with Crippen molar-refractivity contribution in [2.45, 2.75) is 13.3 Å². The van der Waals surface area contributed by atoms with Gasteiger partial charge in [-0.2, -0.15) is 0 Å². The molecule has 0 aromatic heterocycles. The second-order valence-corrected chi connectivity index (χ2v) is 6.26. The molecule has 1 aliphatic rings. The van der Waals surface area contributed by atoms with E-state index in [1.807, 2.05) is 24.3 Å². The fraction of sp³-hybridized carbons (Fsp3) is 0.250. The predicted octanol–water partition coefficient (Wildman–Crippen LogP) is 2.33. The van der Waals surface area contributed by atoms with Gasteiger partial charge in [0, 0.05) is 12.5 Å². The van der Waals surface area contributed by atoms with Gasteiger partial charge in [0.15, 0.2) is 12.4 Å². The molecule has 1 amide bonds. The maximum Gasteiger partial charge on any atom is 0.313 e. The normalized spacial score (nSPS) is 15.2. The molecule has 0 saturated heterocycles. The van der Waals surface area contributed by atoms with Crippen molar-refractivity contribution < 1.29 is 29.0 Å². The number of fused-ring (bicyclic) bond motifs is 1. The summed E-state index contributed by atoms with van der Waals surface area (Å²) < 4.78 is 10.7. The number of para-hydroxylation sites is 1. The lowest BCUT2D eigenvalue weighted by molar-refractivity contribution is -0.148. The number of carbonyl (C=O) groups is 3. The number of Topliss-reactive ketones (excluding diaryl/α,β-unsaturated/α-hetero) is 1. The van der Waals surface area contributed by atoms with Crippen molar-refractivity contribution in [1.82, 2.24) is 0 Å². The number of rotatable bonds is 5. The van der Waals surface area contributed by atoms with Crippen LogP contribution >= 0.6 is 0 Å². The van der Waals surface area contributed by atoms with E-state index in [-0.39, 0.29) is 29.5 Å². The molecule has 0 aliphatic carbocycles. The molecule has 0 unspecified atom stereocenters. The van der Waals surface area contributed by atoms with E-state index < -0.39 is 24.3 Å². The van der Waals surface area contributed by atoms with Crippen molar-refractivity contribution in [3.05, 3.63) is 53.6 Å². The van der Waals surface area contributed by atoms with E-state index in [4.69, 9.17) is 9.47 Å². The van der Waals surface area contributed by atoms with Crippen LogP contribution in [0.5, 0.6) is 11.5 Å². The summed E-state index contributed by atoms with van der Waals surface area (Å²) in [6, 6.07) is 11.5. The number of aromatic hydroxyl groups is 1. The molecule has 0 fully saturated rings. The highest BCUT2D eigenvalue weighted by Gasteiger charge is 2.27. The number of hydrogen-bond donors (Lipinski definition) is 2. The van der Waals surface area contributed by atoms with E-state index in [0.717, 1.165) is 11.3 Å². The molecule has 0 spiro atoms. The smallest absolute Gasteiger partial charge is 0.313 e. The summed E-state index contributed by atoms with van der Waals surface area (Å²) in [5.74, 6) is -1.18. The Morgan fingerprint density at radius 1 is 1.22 bits per heavy atom. The molecule has 27 heavy (non-hydrogen) atoms. The standard InChI is InChI=1S/C20H19NO6/c1-12(22)21-16-9-13(6-7-17(16)23)18(24)11-27-20(25)15-8-14-4-2-3-5-19(14)26-10-15/h2-7,9,15,23H,8,10-11H2,1H3,(H,21,22)/t15-/m1/s1. The van der Waals surface area contributed by atoms with Crippen molar-refractivity contribution >= 4 is 23.3 Å². The summed E-state index contributed by atoms with van der Waals surface area (Å²) in [6.45, 7) is 1.07. The topological polar surface area (TPSA) is 102 Å². The molecule has 2 N–H and O–H groups in total. The van der Waals surface area contributed by atoms with E-state index in [2.05, 4.69) is 5.32 Å². The molecule has 2 aromatic carbocycles. The van der Waals surface area contributed by atoms with Crippen LogP contribution in [0.3, 0.4) is 0 Å². The van der Waals surface area contributed by atoms with Crippen LogP contribution in [0.1, 0.15) is 22.8 Å². The van der Waals surface area contributed by atoms with Gasteiger partial charge in [0.2, 0.25) is 5.91 Å². The molecule has 1 atom stereocenters. The largest absolute Gasteiger partial charge is 0.506 e. The lowest BCUT2D eigenvalue weighted by Gasteiger charge is -2.23. The number of hydrogen-bond acceptors (Lipinski definition) is 6. The number of phenolic OH excluding ortho intramolecular Hbond substituents is 1. The van der Waals surface area contributed by atoms with Gasteiger partial charge in [0.1, 0.15) is 18.1 Å². The van der Waals surface area contributed by atoms with Gasteiger partial charge in [-0.15, -0.1) is 0 Å². The zero-order valence-electron chi connectivity index (χ0n) is 14.7. The maximum atomic E-state index is 12.3. The summed E-state index contributed by atoms with van der Waals surface area (Å²) in [5, 5.41) is 12.1. The van der Waals surface area contributed by atoms with Gasteiger partial charge in [-0.1, -0.05) is 18.2 Å². The Morgan fingerprint density at radius 3 is 2.78 bits per heavy atom. The number of esters is 1. The van der Waals surface area contributed by atoms with Crippen LogP contribution < -0.4 is 10.1 Å². The maximum absolute atomic E-state index is 12.3. The average molecular weight is 369 g/mol. The zero-order valence-corrected chi connectivity index (χ0v) is 14.7. The van der Waals surface area contributed by atoms with Crippen molar-refractivity contribution in [1.29, 1.82) is 0 Å². The molecule has 7 heteroatoms. The Kier molecular flexibility index (Phi) is 5.40. The second-order valence-electron chi connectivity index (χ2n) is 6.26. The summed E-state index contributed by atoms with van der Waals surface area (Å²) in [5.41, 5.74) is 1.27. The molecule has 0 saturated carbocycles. The van der Waals surface area contributed by atoms with Gasteiger partial charge in [-0.3, -0.25) is 14.4 Å². The van der Waals surface area contributed by atoms with Gasteiger partial charge in [-0.05, 0) is 36.2 Å². The highest BCUT2D eigenvalue weighted by Crippen LogP contribution is 2.27. The number of amides is 1. The third-order valence-corrected chi connectivity index (χ3v) is 4.19. The molecule has 140 valence electrons. The van der Waals surface area contributed by atoms with Crippen molar-refractivity contribution in [3.8, 4) is 11.5 Å². The van der Waals surface area contributed by atoms with Crippen LogP contribution in [0.15, 0.2) is 42.5 Å². The predicted molar refractivity (Wildman–Crippen MR) is 96.8 cm³/mol. The zero-order chi connectivity index (χ0) is 19.4. The summed E-state index contributed by atoms with van der Waals surface area (Å²) in [7, 11) is 0. The van der Waals surface area contributed by atoms with Crippen molar-refractivity contribution in [2.24, 2.45) is 5.92 Å². The molecule has 3 rings (SSSR count). The van der Waals surface area contributed by atoms with Crippen LogP contribution in [0, 0.1) is 5.92 Å². The first kappa shape index (κ1) is 18.4. The molecule has 0 bridgehead atoms. The molecule has 1 aliphatic heterocycles. The molecule has 7 nitrogen and oxygen atoms in total. The van der Waals surface area contributed by atoms with Crippen LogP contribution in [-0.4, -0.2) is 36.0 Å². The Balaban J connectivity index is 1.59. The highest BCUT2D eigenvalue weighted by molar-refractivity contribution is 6.00. The lowest BCUT2D eigenvalue weighted by atomic mass is 9.97. The molecule has 0 radical (unpaired) electrons. The first-order valence-corrected chi connectivity index (χ1v) is 8.45. The molecular formula is C20H19NO6. The summed E-state index contributed by atoms with van der Waals surface area (Å²) in [4.78, 5) is 35.7. The summed E-state index contributed by atoms with van der Waals surface area (Å²) >= 11 is 0. The van der Waals surface area contributed by atoms with E-state index >= 15 is 0 Å². The SMILES string of the molecule is CC(=O)Nc1cc(C(=O)COC(=O)[C@H]2COc3ccccc3C2)ccc1O. The Morgan fingerprint density at radius 2 is 2.00 bits per heavy atom. The lowest BCUT2D eigenvalue weighted by Crippen LogP contribution is -2.31. The van der Waals surface area contributed by atoms with Gasteiger partial charge in [0.05, 0.1) is 11.6 Å². The highest BCUT2D eigenvalue weighted by atomic mass is 16.5. The van der Waals surface area contributed by atoms with E-state index in [0.29, 0.717) is 6.42 Å². The van der Waals surface area contributed by atoms with Crippen molar-refractivity contribution in [3.63, 3.8) is 0 Å². The van der Waals surface area contributed by atoms with E-state index in [9.17, 15) is 19.5 Å². The number of ketones is 1.